The van der Waals surface area contributed by atoms with Crippen LogP contribution in [0.2, 0.25) is 0 Å². The third-order valence-electron chi connectivity index (χ3n) is 1.96. The summed E-state index contributed by atoms with van der Waals surface area (Å²) in [5, 5.41) is 5.59. The molecule has 14 heavy (non-hydrogen) atoms. The van der Waals surface area contributed by atoms with E-state index in [4.69, 9.17) is 4.74 Å². The lowest BCUT2D eigenvalue weighted by Gasteiger charge is -2.14. The van der Waals surface area contributed by atoms with E-state index in [2.05, 4.69) is 16.1 Å². The molecule has 1 aromatic carbocycles. The predicted octanol–water partition coefficient (Wildman–Crippen LogP) is 0.463. The number of nitrogens with zero attached hydrogens (tertiary/aromatic N) is 2. The van der Waals surface area contributed by atoms with Gasteiger partial charge in [-0.1, -0.05) is 12.1 Å². The van der Waals surface area contributed by atoms with Crippen LogP contribution in [0.1, 0.15) is 5.56 Å². The number of nitrogens with one attached hydrogen (secondary N) is 2. The van der Waals surface area contributed by atoms with Crippen LogP contribution in [0.3, 0.4) is 0 Å². The lowest BCUT2D eigenvalue weighted by Crippen LogP contribution is -2.38. The van der Waals surface area contributed by atoms with Gasteiger partial charge < -0.3 is 4.74 Å². The van der Waals surface area contributed by atoms with Gasteiger partial charge in [0, 0.05) is 0 Å². The van der Waals surface area contributed by atoms with Gasteiger partial charge in [-0.25, -0.2) is 5.53 Å². The first kappa shape index (κ1) is 8.83. The fourth-order valence-corrected chi connectivity index (χ4v) is 1.22. The highest BCUT2D eigenvalue weighted by molar-refractivity contribution is 5.54. The predicted molar refractivity (Wildman–Crippen MR) is 53.3 cm³/mol. The maximum atomic E-state index is 5.07. The summed E-state index contributed by atoms with van der Waals surface area (Å²) in [4.78, 5) is 0. The highest BCUT2D eigenvalue weighted by atomic mass is 16.5. The summed E-state index contributed by atoms with van der Waals surface area (Å²) in [5.41, 5.74) is 6.90. The molecule has 2 N–H and O–H groups in total. The van der Waals surface area contributed by atoms with Crippen molar-refractivity contribution in [1.29, 1.82) is 0 Å². The topological polar surface area (TPSA) is 48.9 Å². The number of hydrazine groups is 2. The second kappa shape index (κ2) is 3.97. The average molecular weight is 192 g/mol. The molecule has 0 spiro atoms. The van der Waals surface area contributed by atoms with Gasteiger partial charge in [0.15, 0.2) is 0 Å². The van der Waals surface area contributed by atoms with Gasteiger partial charge >= 0.3 is 0 Å². The van der Waals surface area contributed by atoms with Crippen LogP contribution in [0.5, 0.6) is 5.75 Å². The lowest BCUT2D eigenvalue weighted by molar-refractivity contribution is 0.171. The number of hydrazone groups is 1. The van der Waals surface area contributed by atoms with E-state index in [9.17, 15) is 0 Å². The van der Waals surface area contributed by atoms with E-state index in [1.807, 2.05) is 24.3 Å². The van der Waals surface area contributed by atoms with E-state index in [-0.39, 0.29) is 0 Å². The standard InChI is InChI=1S/C9H12N4O/c1-14-9-4-2-8(3-5-9)6-13-11-7-10-12-13/h2-5,7,12H,6H2,1H3,(H,10,11). The van der Waals surface area contributed by atoms with Gasteiger partial charge in [0.2, 0.25) is 0 Å². The number of methoxy groups -OCH3 is 1. The number of benzene rings is 1. The van der Waals surface area contributed by atoms with Crippen LogP contribution >= 0.6 is 0 Å². The van der Waals surface area contributed by atoms with Crippen molar-refractivity contribution in [2.75, 3.05) is 7.11 Å². The fraction of sp³-hybridized carbons (Fsp3) is 0.222. The third kappa shape index (κ3) is 1.94. The van der Waals surface area contributed by atoms with Gasteiger partial charge in [-0.2, -0.15) is 5.10 Å². The van der Waals surface area contributed by atoms with Crippen molar-refractivity contribution in [2.24, 2.45) is 5.10 Å². The minimum absolute atomic E-state index is 0.740. The van der Waals surface area contributed by atoms with E-state index in [0.717, 1.165) is 12.3 Å². The molecule has 0 saturated heterocycles. The van der Waals surface area contributed by atoms with Gasteiger partial charge in [-0.3, -0.25) is 5.43 Å². The van der Waals surface area contributed by atoms with Crippen molar-refractivity contribution in [2.45, 2.75) is 6.54 Å². The van der Waals surface area contributed by atoms with Gasteiger partial charge in [0.05, 0.1) is 13.7 Å². The maximum Gasteiger partial charge on any atom is 0.126 e. The van der Waals surface area contributed by atoms with Crippen LogP contribution in [0.25, 0.3) is 0 Å². The van der Waals surface area contributed by atoms with Crippen LogP contribution < -0.4 is 15.7 Å². The molecule has 0 saturated carbocycles. The van der Waals surface area contributed by atoms with Crippen molar-refractivity contribution >= 4 is 6.34 Å². The van der Waals surface area contributed by atoms with Gasteiger partial charge in [-0.15, -0.1) is 5.12 Å². The van der Waals surface area contributed by atoms with Gasteiger partial charge in [-0.05, 0) is 17.7 Å². The number of rotatable bonds is 3. The molecule has 0 aliphatic carbocycles. The molecule has 0 atom stereocenters. The van der Waals surface area contributed by atoms with Gasteiger partial charge in [0.1, 0.15) is 12.1 Å². The first-order chi connectivity index (χ1) is 6.88. The van der Waals surface area contributed by atoms with E-state index in [1.165, 1.54) is 5.56 Å². The zero-order chi connectivity index (χ0) is 9.80. The van der Waals surface area contributed by atoms with Crippen LogP contribution in [-0.4, -0.2) is 18.6 Å². The second-order valence-corrected chi connectivity index (χ2v) is 2.92. The highest BCUT2D eigenvalue weighted by Crippen LogP contribution is 2.11. The average Bonchev–Trinajstić information content (AvgIpc) is 2.72. The van der Waals surface area contributed by atoms with E-state index in [0.29, 0.717) is 0 Å². The Morgan fingerprint density at radius 3 is 2.71 bits per heavy atom. The molecule has 0 radical (unpaired) electrons. The molecular weight excluding hydrogens is 180 g/mol. The minimum atomic E-state index is 0.740. The van der Waals surface area contributed by atoms with E-state index >= 15 is 0 Å². The first-order valence-corrected chi connectivity index (χ1v) is 4.32. The molecule has 0 fully saturated rings. The van der Waals surface area contributed by atoms with Crippen LogP contribution in [-0.2, 0) is 6.54 Å². The second-order valence-electron chi connectivity index (χ2n) is 2.92. The molecule has 5 nitrogen and oxygen atoms in total. The Balaban J connectivity index is 1.96. The molecule has 0 amide bonds. The Morgan fingerprint density at radius 2 is 2.14 bits per heavy atom. The smallest absolute Gasteiger partial charge is 0.126 e. The Bertz CT molecular complexity index is 314. The molecule has 1 aliphatic heterocycles. The fourth-order valence-electron chi connectivity index (χ4n) is 1.22. The summed E-state index contributed by atoms with van der Waals surface area (Å²) in [6, 6.07) is 7.90. The molecule has 1 aromatic rings. The quantitative estimate of drug-likeness (QED) is 0.730. The normalized spacial score (nSPS) is 14.9. The molecule has 5 heteroatoms. The third-order valence-corrected chi connectivity index (χ3v) is 1.96. The Kier molecular flexibility index (Phi) is 2.51. The molecular formula is C9H12N4O. The van der Waals surface area contributed by atoms with Crippen LogP contribution in [0, 0.1) is 0 Å². The minimum Gasteiger partial charge on any atom is -0.497 e. The lowest BCUT2D eigenvalue weighted by atomic mass is 10.2. The number of hydrogen-bond acceptors (Lipinski definition) is 5. The maximum absolute atomic E-state index is 5.07. The Hall–Kier alpha value is -1.75. The van der Waals surface area contributed by atoms with Crippen molar-refractivity contribution in [3.05, 3.63) is 29.8 Å². The van der Waals surface area contributed by atoms with E-state index < -0.39 is 0 Å². The molecule has 0 unspecified atom stereocenters. The van der Waals surface area contributed by atoms with Crippen molar-refractivity contribution in [1.82, 2.24) is 16.1 Å². The summed E-state index contributed by atoms with van der Waals surface area (Å²) in [6.07, 6.45) is 1.60. The molecule has 0 bridgehead atoms. The van der Waals surface area contributed by atoms with Crippen molar-refractivity contribution in [3.8, 4) is 5.75 Å². The van der Waals surface area contributed by atoms with Gasteiger partial charge in [0.25, 0.3) is 0 Å². The zero-order valence-corrected chi connectivity index (χ0v) is 7.90. The molecule has 1 aliphatic rings. The van der Waals surface area contributed by atoms with E-state index in [1.54, 1.807) is 18.6 Å². The Labute approximate surface area is 82.3 Å². The van der Waals surface area contributed by atoms with Crippen molar-refractivity contribution < 1.29 is 4.74 Å². The van der Waals surface area contributed by atoms with Crippen LogP contribution in [0.4, 0.5) is 0 Å². The number of ether oxygens (including phenoxy) is 1. The summed E-state index contributed by atoms with van der Waals surface area (Å²) in [6.45, 7) is 0.740. The molecule has 2 rings (SSSR count). The Morgan fingerprint density at radius 1 is 1.36 bits per heavy atom. The highest BCUT2D eigenvalue weighted by Gasteiger charge is 2.05. The largest absolute Gasteiger partial charge is 0.497 e. The molecule has 0 aromatic heterocycles. The molecule has 74 valence electrons. The van der Waals surface area contributed by atoms with Crippen LogP contribution in [0.15, 0.2) is 29.4 Å². The summed E-state index contributed by atoms with van der Waals surface area (Å²) in [7, 11) is 1.66. The molecule has 1 heterocycles. The van der Waals surface area contributed by atoms with Crippen molar-refractivity contribution in [3.63, 3.8) is 0 Å². The summed E-state index contributed by atoms with van der Waals surface area (Å²) >= 11 is 0. The first-order valence-electron chi connectivity index (χ1n) is 4.32. The zero-order valence-electron chi connectivity index (χ0n) is 7.90. The number of hydrogen-bond donors (Lipinski definition) is 2. The summed E-state index contributed by atoms with van der Waals surface area (Å²) < 4.78 is 5.07. The SMILES string of the molecule is COc1ccc(CN2NC=NN2)cc1. The summed E-state index contributed by atoms with van der Waals surface area (Å²) in [5.74, 6) is 0.868. The monoisotopic (exact) mass is 192 g/mol.